The maximum absolute atomic E-state index is 5.79. The summed E-state index contributed by atoms with van der Waals surface area (Å²) >= 11 is 0. The van der Waals surface area contributed by atoms with Gasteiger partial charge >= 0.3 is 0 Å². The first-order valence-corrected chi connectivity index (χ1v) is 4.94. The summed E-state index contributed by atoms with van der Waals surface area (Å²) in [5.74, 6) is 0.814. The van der Waals surface area contributed by atoms with Gasteiger partial charge in [-0.25, -0.2) is 4.98 Å². The molecule has 2 rings (SSSR count). The Hall–Kier alpha value is -1.05. The van der Waals surface area contributed by atoms with Crippen molar-refractivity contribution in [2.45, 2.75) is 38.7 Å². The number of ether oxygens (including phenoxy) is 1. The maximum atomic E-state index is 5.79. The molecule has 0 saturated heterocycles. The Morgan fingerprint density at radius 3 is 2.85 bits per heavy atom. The van der Waals surface area contributed by atoms with Crippen LogP contribution in [0.1, 0.15) is 31.2 Å². The molecule has 0 aliphatic heterocycles. The second-order valence-electron chi connectivity index (χ2n) is 3.65. The molecule has 1 saturated carbocycles. The summed E-state index contributed by atoms with van der Waals surface area (Å²) in [7, 11) is 0. The molecule has 1 heterocycles. The van der Waals surface area contributed by atoms with Crippen LogP contribution in [0.5, 0.6) is 5.88 Å². The van der Waals surface area contributed by atoms with Gasteiger partial charge in [0.1, 0.15) is 6.10 Å². The molecule has 13 heavy (non-hydrogen) atoms. The van der Waals surface area contributed by atoms with Crippen LogP contribution in [0.25, 0.3) is 0 Å². The minimum atomic E-state index is 0.411. The van der Waals surface area contributed by atoms with E-state index in [2.05, 4.69) is 4.98 Å². The van der Waals surface area contributed by atoms with Crippen LogP contribution in [-0.2, 0) is 0 Å². The third-order valence-electron chi connectivity index (χ3n) is 2.54. The van der Waals surface area contributed by atoms with Crippen molar-refractivity contribution in [2.24, 2.45) is 0 Å². The van der Waals surface area contributed by atoms with Crippen molar-refractivity contribution >= 4 is 0 Å². The van der Waals surface area contributed by atoms with Crippen LogP contribution in [0.4, 0.5) is 0 Å². The van der Waals surface area contributed by atoms with Gasteiger partial charge < -0.3 is 4.74 Å². The monoisotopic (exact) mass is 177 g/mol. The molecule has 1 fully saturated rings. The molecule has 0 atom stereocenters. The van der Waals surface area contributed by atoms with Gasteiger partial charge in [0.05, 0.1) is 0 Å². The molecule has 0 spiro atoms. The van der Waals surface area contributed by atoms with Gasteiger partial charge in [-0.1, -0.05) is 6.07 Å². The SMILES string of the molecule is Cc1cccnc1OC1CCCC1. The normalized spacial score (nSPS) is 17.6. The molecule has 70 valence electrons. The molecule has 0 amide bonds. The molecular weight excluding hydrogens is 162 g/mol. The van der Waals surface area contributed by atoms with Crippen LogP contribution in [-0.4, -0.2) is 11.1 Å². The molecule has 0 unspecified atom stereocenters. The lowest BCUT2D eigenvalue weighted by molar-refractivity contribution is 0.200. The Morgan fingerprint density at radius 2 is 2.15 bits per heavy atom. The summed E-state index contributed by atoms with van der Waals surface area (Å²) in [5.41, 5.74) is 1.13. The number of aryl methyl sites for hydroxylation is 1. The summed E-state index contributed by atoms with van der Waals surface area (Å²) in [4.78, 5) is 4.22. The van der Waals surface area contributed by atoms with Gasteiger partial charge in [0, 0.05) is 11.8 Å². The quantitative estimate of drug-likeness (QED) is 0.693. The van der Waals surface area contributed by atoms with Crippen LogP contribution >= 0.6 is 0 Å². The predicted molar refractivity (Wildman–Crippen MR) is 51.9 cm³/mol. The Morgan fingerprint density at radius 1 is 1.38 bits per heavy atom. The second kappa shape index (κ2) is 3.77. The van der Waals surface area contributed by atoms with E-state index in [0.717, 1.165) is 11.4 Å². The summed E-state index contributed by atoms with van der Waals surface area (Å²) < 4.78 is 5.79. The standard InChI is InChI=1S/C11H15NO/c1-9-5-4-8-12-11(9)13-10-6-2-3-7-10/h4-5,8,10H,2-3,6-7H2,1H3. The molecule has 1 aromatic rings. The van der Waals surface area contributed by atoms with Crippen LogP contribution in [0, 0.1) is 6.92 Å². The van der Waals surface area contributed by atoms with E-state index in [1.165, 1.54) is 25.7 Å². The van der Waals surface area contributed by atoms with E-state index in [4.69, 9.17) is 4.74 Å². The zero-order valence-corrected chi connectivity index (χ0v) is 7.99. The molecule has 0 bridgehead atoms. The van der Waals surface area contributed by atoms with Gasteiger partial charge in [0.2, 0.25) is 5.88 Å². The fourth-order valence-electron chi connectivity index (χ4n) is 1.76. The second-order valence-corrected chi connectivity index (χ2v) is 3.65. The number of rotatable bonds is 2. The van der Waals surface area contributed by atoms with E-state index in [-0.39, 0.29) is 0 Å². The minimum absolute atomic E-state index is 0.411. The van der Waals surface area contributed by atoms with Crippen LogP contribution < -0.4 is 4.74 Å². The zero-order chi connectivity index (χ0) is 9.10. The van der Waals surface area contributed by atoms with Crippen molar-refractivity contribution in [3.63, 3.8) is 0 Å². The Kier molecular flexibility index (Phi) is 2.48. The summed E-state index contributed by atoms with van der Waals surface area (Å²) in [6.45, 7) is 2.04. The zero-order valence-electron chi connectivity index (χ0n) is 7.99. The molecule has 0 N–H and O–H groups in total. The van der Waals surface area contributed by atoms with E-state index in [0.29, 0.717) is 6.10 Å². The Balaban J connectivity index is 2.04. The third kappa shape index (κ3) is 2.00. The van der Waals surface area contributed by atoms with Gasteiger partial charge in [-0.3, -0.25) is 0 Å². The van der Waals surface area contributed by atoms with Crippen LogP contribution in [0.3, 0.4) is 0 Å². The average Bonchev–Trinajstić information content (AvgIpc) is 2.61. The first-order valence-electron chi connectivity index (χ1n) is 4.94. The molecule has 2 nitrogen and oxygen atoms in total. The van der Waals surface area contributed by atoms with Crippen molar-refractivity contribution < 1.29 is 4.74 Å². The van der Waals surface area contributed by atoms with Crippen molar-refractivity contribution in [1.82, 2.24) is 4.98 Å². The Bertz CT molecular complexity index is 279. The predicted octanol–water partition coefficient (Wildman–Crippen LogP) is 2.71. The minimum Gasteiger partial charge on any atom is -0.474 e. The molecule has 1 aliphatic rings. The van der Waals surface area contributed by atoms with Gasteiger partial charge in [0.15, 0.2) is 0 Å². The summed E-state index contributed by atoms with van der Waals surface area (Å²) in [6, 6.07) is 3.98. The highest BCUT2D eigenvalue weighted by Gasteiger charge is 2.17. The fraction of sp³-hybridized carbons (Fsp3) is 0.545. The van der Waals surface area contributed by atoms with Crippen molar-refractivity contribution in [2.75, 3.05) is 0 Å². The van der Waals surface area contributed by atoms with E-state index in [9.17, 15) is 0 Å². The lowest BCUT2D eigenvalue weighted by Crippen LogP contribution is -2.12. The number of aromatic nitrogens is 1. The highest BCUT2D eigenvalue weighted by Crippen LogP contribution is 2.24. The molecule has 0 aromatic carbocycles. The number of pyridine rings is 1. The number of nitrogens with zero attached hydrogens (tertiary/aromatic N) is 1. The van der Waals surface area contributed by atoms with Gasteiger partial charge in [-0.2, -0.15) is 0 Å². The molecular formula is C11H15NO. The number of hydrogen-bond donors (Lipinski definition) is 0. The molecule has 0 radical (unpaired) electrons. The van der Waals surface area contributed by atoms with E-state index in [1.807, 2.05) is 19.1 Å². The van der Waals surface area contributed by atoms with E-state index < -0.39 is 0 Å². The van der Waals surface area contributed by atoms with Crippen molar-refractivity contribution in [1.29, 1.82) is 0 Å². The molecule has 2 heteroatoms. The van der Waals surface area contributed by atoms with Crippen LogP contribution in [0.2, 0.25) is 0 Å². The third-order valence-corrected chi connectivity index (χ3v) is 2.54. The smallest absolute Gasteiger partial charge is 0.216 e. The molecule has 1 aromatic heterocycles. The first kappa shape index (κ1) is 8.54. The van der Waals surface area contributed by atoms with Crippen LogP contribution in [0.15, 0.2) is 18.3 Å². The van der Waals surface area contributed by atoms with Crippen molar-refractivity contribution in [3.8, 4) is 5.88 Å². The lowest BCUT2D eigenvalue weighted by atomic mass is 10.3. The first-order chi connectivity index (χ1) is 6.36. The summed E-state index contributed by atoms with van der Waals surface area (Å²) in [6.07, 6.45) is 7.18. The van der Waals surface area contributed by atoms with E-state index in [1.54, 1.807) is 6.20 Å². The molecule has 1 aliphatic carbocycles. The summed E-state index contributed by atoms with van der Waals surface area (Å²) in [5, 5.41) is 0. The maximum Gasteiger partial charge on any atom is 0.216 e. The highest BCUT2D eigenvalue weighted by atomic mass is 16.5. The highest BCUT2D eigenvalue weighted by molar-refractivity contribution is 5.23. The fourth-order valence-corrected chi connectivity index (χ4v) is 1.76. The van der Waals surface area contributed by atoms with Gasteiger partial charge in [-0.05, 0) is 38.7 Å². The lowest BCUT2D eigenvalue weighted by Gasteiger charge is -2.13. The topological polar surface area (TPSA) is 22.1 Å². The van der Waals surface area contributed by atoms with E-state index >= 15 is 0 Å². The largest absolute Gasteiger partial charge is 0.474 e. The van der Waals surface area contributed by atoms with Crippen molar-refractivity contribution in [3.05, 3.63) is 23.9 Å². The van der Waals surface area contributed by atoms with Gasteiger partial charge in [-0.15, -0.1) is 0 Å². The van der Waals surface area contributed by atoms with Gasteiger partial charge in [0.25, 0.3) is 0 Å². The average molecular weight is 177 g/mol. The number of hydrogen-bond acceptors (Lipinski definition) is 2. The Labute approximate surface area is 78.9 Å².